The Labute approximate surface area is 119 Å². The minimum Gasteiger partial charge on any atom is -0.507 e. The number of carbonyl (C=O) groups is 2. The maximum atomic E-state index is 11.6. The van der Waals surface area contributed by atoms with E-state index in [1.54, 1.807) is 7.05 Å². The predicted molar refractivity (Wildman–Crippen MR) is 71.9 cm³/mol. The Balaban J connectivity index is 1.93. The van der Waals surface area contributed by atoms with Crippen LogP contribution in [0.5, 0.6) is 5.75 Å². The minimum absolute atomic E-state index is 0.145. The van der Waals surface area contributed by atoms with Gasteiger partial charge in [0.2, 0.25) is 0 Å². The zero-order valence-electron chi connectivity index (χ0n) is 11.1. The van der Waals surface area contributed by atoms with E-state index in [2.05, 4.69) is 20.7 Å². The number of carboxylic acid groups (broad SMARTS) is 1. The molecule has 0 aliphatic heterocycles. The molecule has 9 heteroatoms. The minimum atomic E-state index is -1.25. The molecule has 0 saturated heterocycles. The maximum Gasteiger partial charge on any atom is 0.339 e. The van der Waals surface area contributed by atoms with Gasteiger partial charge < -0.3 is 20.8 Å². The van der Waals surface area contributed by atoms with Crippen molar-refractivity contribution in [2.45, 2.75) is 6.54 Å². The fraction of sp³-hybridized carbons (Fsp3) is 0.167. The van der Waals surface area contributed by atoms with Crippen LogP contribution >= 0.6 is 0 Å². The molecule has 110 valence electrons. The lowest BCUT2D eigenvalue weighted by atomic mass is 10.2. The first-order valence-corrected chi connectivity index (χ1v) is 5.91. The van der Waals surface area contributed by atoms with E-state index < -0.39 is 17.7 Å². The molecule has 1 aromatic carbocycles. The summed E-state index contributed by atoms with van der Waals surface area (Å²) >= 11 is 0. The first-order chi connectivity index (χ1) is 9.95. The number of urea groups is 1. The smallest absolute Gasteiger partial charge is 0.339 e. The summed E-state index contributed by atoms with van der Waals surface area (Å²) in [5.41, 5.74) is 0.0302. The van der Waals surface area contributed by atoms with Crippen LogP contribution in [-0.2, 0) is 13.6 Å². The maximum absolute atomic E-state index is 11.6. The molecule has 21 heavy (non-hydrogen) atoms. The zero-order valence-corrected chi connectivity index (χ0v) is 11.1. The van der Waals surface area contributed by atoms with Gasteiger partial charge in [0.1, 0.15) is 17.6 Å². The monoisotopic (exact) mass is 291 g/mol. The number of hydrogen-bond acceptors (Lipinski definition) is 5. The molecule has 1 aromatic heterocycles. The molecule has 2 aromatic rings. The third kappa shape index (κ3) is 3.69. The van der Waals surface area contributed by atoms with Crippen molar-refractivity contribution in [1.29, 1.82) is 0 Å². The number of amides is 2. The van der Waals surface area contributed by atoms with Gasteiger partial charge in [0, 0.05) is 18.8 Å². The van der Waals surface area contributed by atoms with Crippen LogP contribution in [0.4, 0.5) is 10.5 Å². The highest BCUT2D eigenvalue weighted by molar-refractivity contribution is 5.93. The average Bonchev–Trinajstić information content (AvgIpc) is 2.82. The van der Waals surface area contributed by atoms with Gasteiger partial charge in [-0.3, -0.25) is 4.68 Å². The van der Waals surface area contributed by atoms with Crippen LogP contribution in [0.3, 0.4) is 0 Å². The van der Waals surface area contributed by atoms with Crippen molar-refractivity contribution in [1.82, 2.24) is 20.1 Å². The first-order valence-electron chi connectivity index (χ1n) is 5.91. The Morgan fingerprint density at radius 2 is 2.14 bits per heavy atom. The highest BCUT2D eigenvalue weighted by atomic mass is 16.4. The second-order valence-corrected chi connectivity index (χ2v) is 4.18. The molecule has 0 aliphatic carbocycles. The van der Waals surface area contributed by atoms with Crippen molar-refractivity contribution < 1.29 is 19.8 Å². The number of nitrogens with zero attached hydrogens (tertiary/aromatic N) is 3. The van der Waals surface area contributed by atoms with Crippen molar-refractivity contribution in [3.05, 3.63) is 35.9 Å². The summed E-state index contributed by atoms with van der Waals surface area (Å²) in [5.74, 6) is -1.21. The number of rotatable bonds is 4. The lowest BCUT2D eigenvalue weighted by Crippen LogP contribution is -2.28. The van der Waals surface area contributed by atoms with Crippen LogP contribution in [0.15, 0.2) is 24.5 Å². The fourth-order valence-electron chi connectivity index (χ4n) is 1.59. The van der Waals surface area contributed by atoms with Crippen LogP contribution in [0, 0.1) is 0 Å². The summed E-state index contributed by atoms with van der Waals surface area (Å²) in [4.78, 5) is 26.3. The molecule has 0 radical (unpaired) electrons. The molecular formula is C12H13N5O4. The Morgan fingerprint density at radius 1 is 1.38 bits per heavy atom. The summed E-state index contributed by atoms with van der Waals surface area (Å²) in [6.45, 7) is 0.145. The standard InChI is InChI=1S/C12H13N5O4/c1-17-6-14-10(16-17)5-13-12(21)15-7-2-3-8(11(19)20)9(18)4-7/h2-4,6,18H,5H2,1H3,(H,19,20)(H2,13,15,21). The van der Waals surface area contributed by atoms with Crippen molar-refractivity contribution in [2.24, 2.45) is 7.05 Å². The van der Waals surface area contributed by atoms with Crippen LogP contribution in [0.2, 0.25) is 0 Å². The Morgan fingerprint density at radius 3 is 2.71 bits per heavy atom. The van der Waals surface area contributed by atoms with Crippen LogP contribution in [0.25, 0.3) is 0 Å². The van der Waals surface area contributed by atoms with E-state index in [1.165, 1.54) is 23.1 Å². The number of aryl methyl sites for hydroxylation is 1. The lowest BCUT2D eigenvalue weighted by molar-refractivity contribution is 0.0694. The fourth-order valence-corrected chi connectivity index (χ4v) is 1.59. The van der Waals surface area contributed by atoms with E-state index in [9.17, 15) is 14.7 Å². The van der Waals surface area contributed by atoms with Gasteiger partial charge in [-0.15, -0.1) is 0 Å². The summed E-state index contributed by atoms with van der Waals surface area (Å²) in [5, 5.41) is 27.3. The van der Waals surface area contributed by atoms with Gasteiger partial charge >= 0.3 is 12.0 Å². The molecule has 0 spiro atoms. The number of carboxylic acids is 1. The molecule has 2 rings (SSSR count). The number of aromatic hydroxyl groups is 1. The zero-order chi connectivity index (χ0) is 15.4. The van der Waals surface area contributed by atoms with E-state index in [4.69, 9.17) is 5.11 Å². The van der Waals surface area contributed by atoms with Crippen molar-refractivity contribution >= 4 is 17.7 Å². The van der Waals surface area contributed by atoms with E-state index in [0.29, 0.717) is 5.82 Å². The molecule has 0 aliphatic rings. The molecule has 0 fully saturated rings. The molecule has 1 heterocycles. The van der Waals surface area contributed by atoms with Gasteiger partial charge in [-0.2, -0.15) is 5.10 Å². The molecule has 4 N–H and O–H groups in total. The van der Waals surface area contributed by atoms with Gasteiger partial charge in [0.05, 0.1) is 6.54 Å². The highest BCUT2D eigenvalue weighted by Crippen LogP contribution is 2.21. The third-order valence-corrected chi connectivity index (χ3v) is 2.54. The first kappa shape index (κ1) is 14.3. The molecule has 0 bridgehead atoms. The number of benzene rings is 1. The molecule has 9 nitrogen and oxygen atoms in total. The molecule has 0 unspecified atom stereocenters. The third-order valence-electron chi connectivity index (χ3n) is 2.54. The van der Waals surface area contributed by atoms with Gasteiger partial charge in [-0.1, -0.05) is 0 Å². The quantitative estimate of drug-likeness (QED) is 0.650. The summed E-state index contributed by atoms with van der Waals surface area (Å²) < 4.78 is 1.51. The van der Waals surface area contributed by atoms with Gasteiger partial charge in [0.25, 0.3) is 0 Å². The summed E-state index contributed by atoms with van der Waals surface area (Å²) in [7, 11) is 1.71. The second-order valence-electron chi connectivity index (χ2n) is 4.18. The normalized spacial score (nSPS) is 10.1. The van der Waals surface area contributed by atoms with E-state index in [1.807, 2.05) is 0 Å². The van der Waals surface area contributed by atoms with Gasteiger partial charge in [-0.05, 0) is 12.1 Å². The summed E-state index contributed by atoms with van der Waals surface area (Å²) in [6.07, 6.45) is 1.51. The van der Waals surface area contributed by atoms with E-state index in [-0.39, 0.29) is 17.8 Å². The van der Waals surface area contributed by atoms with E-state index >= 15 is 0 Å². The number of nitrogens with one attached hydrogen (secondary N) is 2. The Bertz CT molecular complexity index is 682. The van der Waals surface area contributed by atoms with Crippen molar-refractivity contribution in [2.75, 3.05) is 5.32 Å². The largest absolute Gasteiger partial charge is 0.507 e. The number of carbonyl (C=O) groups excluding carboxylic acids is 1. The summed E-state index contributed by atoms with van der Waals surface area (Å²) in [6, 6.07) is 3.21. The number of aromatic carboxylic acids is 1. The van der Waals surface area contributed by atoms with Crippen molar-refractivity contribution in [3.63, 3.8) is 0 Å². The molecule has 0 saturated carbocycles. The number of aromatic nitrogens is 3. The van der Waals surface area contributed by atoms with Crippen molar-refractivity contribution in [3.8, 4) is 5.75 Å². The average molecular weight is 291 g/mol. The number of hydrogen-bond donors (Lipinski definition) is 4. The van der Waals surface area contributed by atoms with Crippen LogP contribution in [0.1, 0.15) is 16.2 Å². The SMILES string of the molecule is Cn1cnc(CNC(=O)Nc2ccc(C(=O)O)c(O)c2)n1. The van der Waals surface area contributed by atoms with Gasteiger partial charge in [-0.25, -0.2) is 14.6 Å². The van der Waals surface area contributed by atoms with E-state index in [0.717, 1.165) is 6.07 Å². The Kier molecular flexibility index (Phi) is 4.02. The molecule has 2 amide bonds. The number of phenols is 1. The Hall–Kier alpha value is -3.10. The molecular weight excluding hydrogens is 278 g/mol. The second kappa shape index (κ2) is 5.90. The lowest BCUT2D eigenvalue weighted by Gasteiger charge is -2.07. The van der Waals surface area contributed by atoms with Crippen LogP contribution < -0.4 is 10.6 Å². The predicted octanol–water partition coefficient (Wildman–Crippen LogP) is 0.541. The van der Waals surface area contributed by atoms with Crippen LogP contribution in [-0.4, -0.2) is 37.0 Å². The number of anilines is 1. The highest BCUT2D eigenvalue weighted by Gasteiger charge is 2.11. The molecule has 0 atom stereocenters. The van der Waals surface area contributed by atoms with Gasteiger partial charge in [0.15, 0.2) is 5.82 Å². The topological polar surface area (TPSA) is 129 Å².